The van der Waals surface area contributed by atoms with E-state index in [9.17, 15) is 19.6 Å². The molecule has 1 saturated carbocycles. The molecule has 5 rings (SSSR count). The monoisotopic (exact) mass is 625 g/mol. The Labute approximate surface area is 259 Å². The number of halogens is 2. The fraction of sp³-hybridized carbons (Fsp3) is 0.562. The third-order valence-corrected chi connectivity index (χ3v) is 8.63. The number of ether oxygens (including phenoxy) is 3. The molecule has 2 bridgehead atoms. The number of rotatable bonds is 1. The number of alkyl halides is 2. The SMILES string of the molecule is COC(=O)C1CC2CN1C(=O)C(C(C)(C)C)NC(=O)OC1CCCC1CCC=CC(F)(F)c1nc3ccc(C#N)cc3nc1O2. The lowest BCUT2D eigenvalue weighted by atomic mass is 9.85. The summed E-state index contributed by atoms with van der Waals surface area (Å²) in [7, 11) is 1.18. The maximum absolute atomic E-state index is 15.8. The first-order valence-corrected chi connectivity index (χ1v) is 15.1. The molecule has 5 unspecified atom stereocenters. The van der Waals surface area contributed by atoms with E-state index in [-0.39, 0.29) is 35.5 Å². The molecule has 3 heterocycles. The van der Waals surface area contributed by atoms with E-state index in [1.165, 1.54) is 36.3 Å². The van der Waals surface area contributed by atoms with Crippen LogP contribution in [0.3, 0.4) is 0 Å². The van der Waals surface area contributed by atoms with Gasteiger partial charge in [-0.3, -0.25) is 4.79 Å². The van der Waals surface area contributed by atoms with Crippen molar-refractivity contribution in [3.05, 3.63) is 41.6 Å². The molecular formula is C32H37F2N5O6. The number of nitrogens with zero attached hydrogens (tertiary/aromatic N) is 4. The van der Waals surface area contributed by atoms with Gasteiger partial charge in [-0.1, -0.05) is 26.8 Å². The van der Waals surface area contributed by atoms with Crippen LogP contribution in [0.15, 0.2) is 30.4 Å². The Balaban J connectivity index is 1.59. The quantitative estimate of drug-likeness (QED) is 0.350. The molecule has 1 N–H and O–H groups in total. The molecule has 3 aliphatic rings. The van der Waals surface area contributed by atoms with Gasteiger partial charge in [0.15, 0.2) is 5.69 Å². The van der Waals surface area contributed by atoms with E-state index in [0.29, 0.717) is 19.3 Å². The fourth-order valence-electron chi connectivity index (χ4n) is 6.26. The Kier molecular flexibility index (Phi) is 8.96. The molecule has 1 aliphatic carbocycles. The van der Waals surface area contributed by atoms with Crippen molar-refractivity contribution >= 4 is 29.0 Å². The van der Waals surface area contributed by atoms with E-state index in [1.54, 1.807) is 20.8 Å². The average molecular weight is 626 g/mol. The summed E-state index contributed by atoms with van der Waals surface area (Å²) in [6.07, 6.45) is 3.00. The summed E-state index contributed by atoms with van der Waals surface area (Å²) in [6.45, 7) is 5.15. The van der Waals surface area contributed by atoms with Crippen molar-refractivity contribution in [1.82, 2.24) is 20.2 Å². The van der Waals surface area contributed by atoms with E-state index in [1.807, 2.05) is 6.07 Å². The van der Waals surface area contributed by atoms with Crippen LogP contribution in [0.25, 0.3) is 11.0 Å². The first kappa shape index (κ1) is 32.1. The Morgan fingerprint density at radius 3 is 2.64 bits per heavy atom. The molecule has 0 radical (unpaired) electrons. The van der Waals surface area contributed by atoms with Crippen LogP contribution in [0.1, 0.15) is 70.6 Å². The summed E-state index contributed by atoms with van der Waals surface area (Å²) < 4.78 is 48.4. The molecule has 240 valence electrons. The van der Waals surface area contributed by atoms with Crippen molar-refractivity contribution in [2.24, 2.45) is 11.3 Å². The highest BCUT2D eigenvalue weighted by molar-refractivity contribution is 5.91. The van der Waals surface area contributed by atoms with Gasteiger partial charge in [0.1, 0.15) is 24.3 Å². The predicted molar refractivity (Wildman–Crippen MR) is 157 cm³/mol. The van der Waals surface area contributed by atoms with Gasteiger partial charge < -0.3 is 24.4 Å². The second-order valence-corrected chi connectivity index (χ2v) is 12.9. The summed E-state index contributed by atoms with van der Waals surface area (Å²) in [6, 6.07) is 4.13. The minimum absolute atomic E-state index is 0.0339. The van der Waals surface area contributed by atoms with Crippen LogP contribution in [0, 0.1) is 22.7 Å². The number of allylic oxidation sites excluding steroid dienone is 2. The molecule has 2 aliphatic heterocycles. The van der Waals surface area contributed by atoms with Crippen LogP contribution in [-0.2, 0) is 25.0 Å². The number of nitrogens with one attached hydrogen (secondary N) is 1. The number of aromatic nitrogens is 2. The fourth-order valence-corrected chi connectivity index (χ4v) is 6.26. The lowest BCUT2D eigenvalue weighted by Gasteiger charge is -2.35. The summed E-state index contributed by atoms with van der Waals surface area (Å²) in [4.78, 5) is 49.8. The molecule has 2 fully saturated rings. The molecular weight excluding hydrogens is 588 g/mol. The summed E-state index contributed by atoms with van der Waals surface area (Å²) in [5.41, 5.74) is -0.923. The minimum atomic E-state index is -3.59. The number of amides is 2. The van der Waals surface area contributed by atoms with Crippen molar-refractivity contribution in [3.8, 4) is 11.9 Å². The van der Waals surface area contributed by atoms with Crippen LogP contribution >= 0.6 is 0 Å². The molecule has 45 heavy (non-hydrogen) atoms. The first-order valence-electron chi connectivity index (χ1n) is 15.1. The number of esters is 1. The molecule has 1 aromatic heterocycles. The molecule has 2 amide bonds. The molecule has 11 nitrogen and oxygen atoms in total. The smallest absolute Gasteiger partial charge is 0.408 e. The molecule has 5 atom stereocenters. The van der Waals surface area contributed by atoms with Crippen molar-refractivity contribution in [1.29, 1.82) is 5.26 Å². The maximum atomic E-state index is 15.8. The van der Waals surface area contributed by atoms with E-state index >= 15 is 8.78 Å². The zero-order valence-corrected chi connectivity index (χ0v) is 25.7. The Morgan fingerprint density at radius 1 is 1.16 bits per heavy atom. The Bertz CT molecular complexity index is 1550. The van der Waals surface area contributed by atoms with Gasteiger partial charge in [-0.05, 0) is 67.7 Å². The zero-order chi connectivity index (χ0) is 32.5. The van der Waals surface area contributed by atoms with Gasteiger partial charge in [-0.25, -0.2) is 19.6 Å². The Morgan fingerprint density at radius 2 is 1.93 bits per heavy atom. The van der Waals surface area contributed by atoms with Crippen molar-refractivity contribution in [2.75, 3.05) is 13.7 Å². The highest BCUT2D eigenvalue weighted by Crippen LogP contribution is 2.38. The molecule has 1 aromatic carbocycles. The number of fused-ring (bicyclic) bond motifs is 5. The standard InChI is InChI=1S/C32H37F2N5O6/c1-31(2,3)26-28(40)39-17-20(15-23(39)29(41)43-4)44-27-25(36-21-12-11-18(16-35)14-22(21)37-27)32(33,34)13-6-5-8-19-9-7-10-24(19)45-30(42)38-26/h6,11-14,19-20,23-24,26H,5,7-10,15,17H2,1-4H3,(H,38,42). The number of hydrogen-bond acceptors (Lipinski definition) is 9. The molecule has 1 saturated heterocycles. The zero-order valence-electron chi connectivity index (χ0n) is 25.7. The Hall–Kier alpha value is -4.34. The molecule has 0 spiro atoms. The summed E-state index contributed by atoms with van der Waals surface area (Å²) in [5, 5.41) is 12.1. The van der Waals surface area contributed by atoms with E-state index in [4.69, 9.17) is 14.2 Å². The highest BCUT2D eigenvalue weighted by atomic mass is 19.3. The van der Waals surface area contributed by atoms with Crippen molar-refractivity contribution < 1.29 is 37.4 Å². The van der Waals surface area contributed by atoms with Gasteiger partial charge in [0.2, 0.25) is 11.8 Å². The summed E-state index contributed by atoms with van der Waals surface area (Å²) in [5.74, 6) is -5.38. The van der Waals surface area contributed by atoms with Crippen LogP contribution in [0.2, 0.25) is 0 Å². The second kappa shape index (κ2) is 12.6. The lowest BCUT2D eigenvalue weighted by molar-refractivity contribution is -0.152. The number of carbonyl (C=O) groups excluding carboxylic acids is 3. The van der Waals surface area contributed by atoms with E-state index < -0.39 is 65.2 Å². The normalized spacial score (nSPS) is 27.2. The van der Waals surface area contributed by atoms with Crippen molar-refractivity contribution in [2.45, 2.75) is 89.5 Å². The summed E-state index contributed by atoms with van der Waals surface area (Å²) >= 11 is 0. The van der Waals surface area contributed by atoms with Gasteiger partial charge in [0.05, 0.1) is 36.3 Å². The molecule has 2 aromatic rings. The van der Waals surface area contributed by atoms with Crippen LogP contribution < -0.4 is 10.1 Å². The third-order valence-electron chi connectivity index (χ3n) is 8.63. The number of hydrogen-bond donors (Lipinski definition) is 1. The first-order chi connectivity index (χ1) is 21.3. The van der Waals surface area contributed by atoms with E-state index in [0.717, 1.165) is 18.9 Å². The van der Waals surface area contributed by atoms with Crippen LogP contribution in [0.5, 0.6) is 5.88 Å². The second-order valence-electron chi connectivity index (χ2n) is 12.9. The van der Waals surface area contributed by atoms with Crippen LogP contribution in [-0.4, -0.2) is 70.8 Å². The maximum Gasteiger partial charge on any atom is 0.408 e. The number of benzene rings is 1. The van der Waals surface area contributed by atoms with Crippen molar-refractivity contribution in [3.63, 3.8) is 0 Å². The largest absolute Gasteiger partial charge is 0.471 e. The van der Waals surface area contributed by atoms with Gasteiger partial charge in [-0.2, -0.15) is 14.0 Å². The van der Waals surface area contributed by atoms with Gasteiger partial charge in [0, 0.05) is 6.42 Å². The van der Waals surface area contributed by atoms with Crippen LogP contribution in [0.4, 0.5) is 13.6 Å². The molecule has 13 heteroatoms. The lowest BCUT2D eigenvalue weighted by Crippen LogP contribution is -2.57. The minimum Gasteiger partial charge on any atom is -0.471 e. The number of alkyl carbamates (subject to hydrolysis) is 1. The highest BCUT2D eigenvalue weighted by Gasteiger charge is 2.47. The topological polar surface area (TPSA) is 144 Å². The van der Waals surface area contributed by atoms with E-state index in [2.05, 4.69) is 15.3 Å². The van der Waals surface area contributed by atoms with Gasteiger partial charge >= 0.3 is 18.0 Å². The average Bonchev–Trinajstić information content (AvgIpc) is 3.62. The number of nitriles is 1. The van der Waals surface area contributed by atoms with Gasteiger partial charge in [-0.15, -0.1) is 0 Å². The van der Waals surface area contributed by atoms with Gasteiger partial charge in [0.25, 0.3) is 0 Å². The number of methoxy groups -OCH3 is 1. The third kappa shape index (κ3) is 6.84. The number of carbonyl (C=O) groups is 3. The predicted octanol–water partition coefficient (Wildman–Crippen LogP) is 4.77.